The van der Waals surface area contributed by atoms with Crippen LogP contribution < -0.4 is 5.32 Å². The van der Waals surface area contributed by atoms with E-state index in [1.54, 1.807) is 6.26 Å². The Labute approximate surface area is 106 Å². The van der Waals surface area contributed by atoms with Crippen LogP contribution in [0.25, 0.3) is 0 Å². The minimum absolute atomic E-state index is 0.0645. The largest absolute Gasteiger partial charge is 0.469 e. The van der Waals surface area contributed by atoms with Crippen molar-refractivity contribution < 1.29 is 14.3 Å². The highest BCUT2D eigenvalue weighted by molar-refractivity contribution is 5.82. The fourth-order valence-corrected chi connectivity index (χ4v) is 2.92. The second-order valence-electron chi connectivity index (χ2n) is 5.47. The zero-order chi connectivity index (χ0) is 12.5. The predicted octanol–water partition coefficient (Wildman–Crippen LogP) is 1.66. The van der Waals surface area contributed by atoms with Crippen LogP contribution in [-0.4, -0.2) is 23.7 Å². The normalized spacial score (nSPS) is 34.5. The summed E-state index contributed by atoms with van der Waals surface area (Å²) in [5, 5.41) is 12.7. The number of furan rings is 1. The molecule has 1 heterocycles. The third-order valence-corrected chi connectivity index (χ3v) is 4.19. The standard InChI is InChI=1S/C14H19NO3/c16-12-4-1-3-9(12)8-15-14(17)11-7-10(11)13-5-2-6-18-13/h2,5-6,9-12,16H,1,3-4,7-8H2,(H,15,17). The summed E-state index contributed by atoms with van der Waals surface area (Å²) < 4.78 is 5.31. The Hall–Kier alpha value is -1.29. The first kappa shape index (κ1) is 11.8. The molecule has 0 aromatic carbocycles. The van der Waals surface area contributed by atoms with E-state index in [-0.39, 0.29) is 29.8 Å². The zero-order valence-corrected chi connectivity index (χ0v) is 10.3. The van der Waals surface area contributed by atoms with Crippen molar-refractivity contribution in [3.63, 3.8) is 0 Å². The van der Waals surface area contributed by atoms with Gasteiger partial charge in [0.05, 0.1) is 12.4 Å². The van der Waals surface area contributed by atoms with Crippen molar-refractivity contribution in [3.05, 3.63) is 24.2 Å². The van der Waals surface area contributed by atoms with E-state index in [0.29, 0.717) is 6.54 Å². The Kier molecular flexibility index (Phi) is 3.12. The molecule has 4 unspecified atom stereocenters. The van der Waals surface area contributed by atoms with Gasteiger partial charge in [0.2, 0.25) is 5.91 Å². The summed E-state index contributed by atoms with van der Waals surface area (Å²) in [5.74, 6) is 1.59. The van der Waals surface area contributed by atoms with E-state index in [1.165, 1.54) is 0 Å². The lowest BCUT2D eigenvalue weighted by molar-refractivity contribution is -0.122. The topological polar surface area (TPSA) is 62.5 Å². The van der Waals surface area contributed by atoms with Gasteiger partial charge >= 0.3 is 0 Å². The van der Waals surface area contributed by atoms with Crippen molar-refractivity contribution in [2.45, 2.75) is 37.7 Å². The quantitative estimate of drug-likeness (QED) is 0.853. The second-order valence-corrected chi connectivity index (χ2v) is 5.47. The van der Waals surface area contributed by atoms with Crippen LogP contribution in [0.1, 0.15) is 37.4 Å². The van der Waals surface area contributed by atoms with Gasteiger partial charge in [-0.2, -0.15) is 0 Å². The lowest BCUT2D eigenvalue weighted by Crippen LogP contribution is -2.33. The molecule has 2 N–H and O–H groups in total. The van der Waals surface area contributed by atoms with Crippen LogP contribution in [0.2, 0.25) is 0 Å². The molecule has 0 saturated heterocycles. The van der Waals surface area contributed by atoms with E-state index >= 15 is 0 Å². The summed E-state index contributed by atoms with van der Waals surface area (Å²) in [5.41, 5.74) is 0. The summed E-state index contributed by atoms with van der Waals surface area (Å²) in [6.07, 6.45) is 5.27. The van der Waals surface area contributed by atoms with Crippen molar-refractivity contribution in [1.29, 1.82) is 0 Å². The van der Waals surface area contributed by atoms with Crippen LogP contribution in [0.5, 0.6) is 0 Å². The molecule has 2 saturated carbocycles. The van der Waals surface area contributed by atoms with Crippen molar-refractivity contribution in [2.75, 3.05) is 6.54 Å². The van der Waals surface area contributed by atoms with E-state index in [9.17, 15) is 9.90 Å². The molecule has 4 nitrogen and oxygen atoms in total. The summed E-state index contributed by atoms with van der Waals surface area (Å²) in [7, 11) is 0. The summed E-state index contributed by atoms with van der Waals surface area (Å²) >= 11 is 0. The molecule has 0 spiro atoms. The summed E-state index contributed by atoms with van der Waals surface area (Å²) in [6.45, 7) is 0.612. The molecule has 4 atom stereocenters. The van der Waals surface area contributed by atoms with Crippen LogP contribution in [0.4, 0.5) is 0 Å². The first-order valence-electron chi connectivity index (χ1n) is 6.75. The average Bonchev–Trinajstić information content (AvgIpc) is 2.80. The molecule has 1 aromatic rings. The molecule has 98 valence electrons. The highest BCUT2D eigenvalue weighted by atomic mass is 16.3. The Morgan fingerprint density at radius 1 is 1.50 bits per heavy atom. The van der Waals surface area contributed by atoms with E-state index in [1.807, 2.05) is 12.1 Å². The number of nitrogens with one attached hydrogen (secondary N) is 1. The van der Waals surface area contributed by atoms with Gasteiger partial charge in [-0.05, 0) is 31.4 Å². The van der Waals surface area contributed by atoms with E-state index in [2.05, 4.69) is 5.32 Å². The Bertz CT molecular complexity index is 415. The molecule has 1 aromatic heterocycles. The Morgan fingerprint density at radius 3 is 3.06 bits per heavy atom. The predicted molar refractivity (Wildman–Crippen MR) is 65.9 cm³/mol. The second kappa shape index (κ2) is 4.76. The fraction of sp³-hybridized carbons (Fsp3) is 0.643. The molecule has 0 radical (unpaired) electrons. The van der Waals surface area contributed by atoms with Gasteiger partial charge in [-0.25, -0.2) is 0 Å². The van der Waals surface area contributed by atoms with Gasteiger partial charge < -0.3 is 14.8 Å². The Balaban J connectivity index is 1.46. The van der Waals surface area contributed by atoms with Crippen LogP contribution in [0.15, 0.2) is 22.8 Å². The van der Waals surface area contributed by atoms with Gasteiger partial charge in [-0.1, -0.05) is 6.42 Å². The first-order valence-corrected chi connectivity index (χ1v) is 6.75. The van der Waals surface area contributed by atoms with Gasteiger partial charge in [0.15, 0.2) is 0 Å². The van der Waals surface area contributed by atoms with E-state index in [0.717, 1.165) is 31.4 Å². The molecular formula is C14H19NO3. The molecular weight excluding hydrogens is 230 g/mol. The van der Waals surface area contributed by atoms with Crippen molar-refractivity contribution in [1.82, 2.24) is 5.32 Å². The molecule has 3 rings (SSSR count). The maximum absolute atomic E-state index is 11.9. The SMILES string of the molecule is O=C(NCC1CCCC1O)C1CC1c1ccco1. The minimum atomic E-state index is -0.231. The highest BCUT2D eigenvalue weighted by Crippen LogP contribution is 2.47. The number of rotatable bonds is 4. The Morgan fingerprint density at radius 2 is 2.39 bits per heavy atom. The van der Waals surface area contributed by atoms with Crippen molar-refractivity contribution in [3.8, 4) is 0 Å². The molecule has 2 fully saturated rings. The molecule has 0 aliphatic heterocycles. The number of carbonyl (C=O) groups excluding carboxylic acids is 1. The number of hydrogen-bond acceptors (Lipinski definition) is 3. The van der Waals surface area contributed by atoms with E-state index < -0.39 is 0 Å². The minimum Gasteiger partial charge on any atom is -0.469 e. The molecule has 0 bridgehead atoms. The van der Waals surface area contributed by atoms with Crippen LogP contribution >= 0.6 is 0 Å². The molecule has 4 heteroatoms. The number of aliphatic hydroxyl groups is 1. The maximum Gasteiger partial charge on any atom is 0.223 e. The van der Waals surface area contributed by atoms with Gasteiger partial charge in [-0.15, -0.1) is 0 Å². The van der Waals surface area contributed by atoms with Crippen LogP contribution in [-0.2, 0) is 4.79 Å². The number of amides is 1. The third kappa shape index (κ3) is 2.29. The van der Waals surface area contributed by atoms with Crippen molar-refractivity contribution in [2.24, 2.45) is 11.8 Å². The highest BCUT2D eigenvalue weighted by Gasteiger charge is 2.45. The lowest BCUT2D eigenvalue weighted by atomic mass is 10.1. The smallest absolute Gasteiger partial charge is 0.223 e. The number of hydrogen-bond donors (Lipinski definition) is 2. The molecule has 1 amide bonds. The average molecular weight is 249 g/mol. The first-order chi connectivity index (χ1) is 8.75. The van der Waals surface area contributed by atoms with Crippen LogP contribution in [0, 0.1) is 11.8 Å². The zero-order valence-electron chi connectivity index (χ0n) is 10.3. The number of aliphatic hydroxyl groups excluding tert-OH is 1. The molecule has 2 aliphatic carbocycles. The maximum atomic E-state index is 11.9. The van der Waals surface area contributed by atoms with Crippen molar-refractivity contribution >= 4 is 5.91 Å². The van der Waals surface area contributed by atoms with Gasteiger partial charge in [0.1, 0.15) is 5.76 Å². The van der Waals surface area contributed by atoms with Gasteiger partial charge in [0, 0.05) is 24.3 Å². The van der Waals surface area contributed by atoms with E-state index in [4.69, 9.17) is 4.42 Å². The van der Waals surface area contributed by atoms with Crippen LogP contribution in [0.3, 0.4) is 0 Å². The van der Waals surface area contributed by atoms with Gasteiger partial charge in [-0.3, -0.25) is 4.79 Å². The molecule has 18 heavy (non-hydrogen) atoms. The number of carbonyl (C=O) groups is 1. The fourth-order valence-electron chi connectivity index (χ4n) is 2.92. The monoisotopic (exact) mass is 249 g/mol. The van der Waals surface area contributed by atoms with Gasteiger partial charge in [0.25, 0.3) is 0 Å². The lowest BCUT2D eigenvalue weighted by Gasteiger charge is -2.14. The third-order valence-electron chi connectivity index (χ3n) is 4.19. The summed E-state index contributed by atoms with van der Waals surface area (Å²) in [6, 6.07) is 3.79. The molecule has 2 aliphatic rings. The summed E-state index contributed by atoms with van der Waals surface area (Å²) in [4.78, 5) is 11.9.